The highest BCUT2D eigenvalue weighted by Gasteiger charge is 2.01. The molecule has 0 fully saturated rings. The van der Waals surface area contributed by atoms with E-state index in [-0.39, 0.29) is 5.84 Å². The second kappa shape index (κ2) is 3.96. The third kappa shape index (κ3) is 2.12. The van der Waals surface area contributed by atoms with Crippen LogP contribution in [0.5, 0.6) is 0 Å². The van der Waals surface area contributed by atoms with Crippen molar-refractivity contribution in [1.82, 2.24) is 14.8 Å². The standard InChI is InChI=1S/C5H9N5OS/c1-10-5(7-3-8-10)12-2-4(6)9-11/h3,11H,2H2,1H3,(H2,6,9). The maximum absolute atomic E-state index is 8.24. The summed E-state index contributed by atoms with van der Waals surface area (Å²) in [5, 5.41) is 15.7. The number of amidine groups is 1. The molecule has 7 heteroatoms. The maximum atomic E-state index is 8.24. The predicted molar refractivity (Wildman–Crippen MR) is 45.1 cm³/mol. The van der Waals surface area contributed by atoms with Crippen LogP contribution in [-0.2, 0) is 7.05 Å². The second-order valence-electron chi connectivity index (χ2n) is 2.05. The molecule has 0 aromatic carbocycles. The van der Waals surface area contributed by atoms with Gasteiger partial charge in [0.2, 0.25) is 0 Å². The van der Waals surface area contributed by atoms with Gasteiger partial charge in [-0.2, -0.15) is 5.10 Å². The summed E-state index contributed by atoms with van der Waals surface area (Å²) in [6.07, 6.45) is 1.45. The molecule has 1 aromatic rings. The zero-order valence-electron chi connectivity index (χ0n) is 6.51. The van der Waals surface area contributed by atoms with Crippen molar-refractivity contribution in [3.63, 3.8) is 0 Å². The lowest BCUT2D eigenvalue weighted by Crippen LogP contribution is -2.14. The van der Waals surface area contributed by atoms with Gasteiger partial charge < -0.3 is 10.9 Å². The van der Waals surface area contributed by atoms with E-state index in [1.54, 1.807) is 11.7 Å². The van der Waals surface area contributed by atoms with E-state index >= 15 is 0 Å². The largest absolute Gasteiger partial charge is 0.409 e. The first-order chi connectivity index (χ1) is 5.74. The molecule has 66 valence electrons. The Morgan fingerprint density at radius 3 is 3.17 bits per heavy atom. The molecule has 1 aromatic heterocycles. The third-order valence-corrected chi connectivity index (χ3v) is 2.22. The average Bonchev–Trinajstić information content (AvgIpc) is 2.47. The molecule has 0 saturated carbocycles. The second-order valence-corrected chi connectivity index (χ2v) is 2.99. The van der Waals surface area contributed by atoms with E-state index in [0.29, 0.717) is 5.75 Å². The lowest BCUT2D eigenvalue weighted by atomic mass is 10.7. The van der Waals surface area contributed by atoms with Crippen LogP contribution in [0, 0.1) is 0 Å². The van der Waals surface area contributed by atoms with Crippen LogP contribution in [0.3, 0.4) is 0 Å². The molecule has 1 rings (SSSR count). The molecule has 6 nitrogen and oxygen atoms in total. The van der Waals surface area contributed by atoms with E-state index in [4.69, 9.17) is 10.9 Å². The quantitative estimate of drug-likeness (QED) is 0.222. The van der Waals surface area contributed by atoms with Crippen LogP contribution in [0.15, 0.2) is 16.6 Å². The van der Waals surface area contributed by atoms with Crippen molar-refractivity contribution in [2.45, 2.75) is 5.16 Å². The fourth-order valence-corrected chi connectivity index (χ4v) is 1.27. The van der Waals surface area contributed by atoms with Crippen molar-refractivity contribution >= 4 is 17.6 Å². The van der Waals surface area contributed by atoms with Crippen LogP contribution in [0.25, 0.3) is 0 Å². The van der Waals surface area contributed by atoms with E-state index in [1.165, 1.54) is 18.1 Å². The highest BCUT2D eigenvalue weighted by molar-refractivity contribution is 7.99. The van der Waals surface area contributed by atoms with Crippen LogP contribution in [0.4, 0.5) is 0 Å². The van der Waals surface area contributed by atoms with Gasteiger partial charge in [-0.15, -0.1) is 0 Å². The molecule has 0 radical (unpaired) electrons. The molecular formula is C5H9N5OS. The molecule has 1 heterocycles. The summed E-state index contributed by atoms with van der Waals surface area (Å²) in [6.45, 7) is 0. The van der Waals surface area contributed by atoms with Gasteiger partial charge in [0.25, 0.3) is 0 Å². The van der Waals surface area contributed by atoms with Crippen molar-refractivity contribution in [3.8, 4) is 0 Å². The Morgan fingerprint density at radius 2 is 2.67 bits per heavy atom. The topological polar surface area (TPSA) is 89.3 Å². The minimum Gasteiger partial charge on any atom is -0.409 e. The van der Waals surface area contributed by atoms with Crippen LogP contribution < -0.4 is 5.73 Å². The lowest BCUT2D eigenvalue weighted by Gasteiger charge is -1.97. The van der Waals surface area contributed by atoms with Gasteiger partial charge in [0.05, 0.1) is 5.75 Å². The van der Waals surface area contributed by atoms with Crippen LogP contribution in [0.1, 0.15) is 0 Å². The van der Waals surface area contributed by atoms with Gasteiger partial charge in [-0.3, -0.25) is 0 Å². The summed E-state index contributed by atoms with van der Waals surface area (Å²) >= 11 is 1.36. The van der Waals surface area contributed by atoms with Gasteiger partial charge in [0.1, 0.15) is 12.2 Å². The molecule has 0 unspecified atom stereocenters. The molecule has 0 atom stereocenters. The first-order valence-corrected chi connectivity index (χ1v) is 4.16. The summed E-state index contributed by atoms with van der Waals surface area (Å²) in [6, 6.07) is 0. The number of nitrogens with zero attached hydrogens (tertiary/aromatic N) is 4. The Bertz CT molecular complexity index is 283. The molecule has 0 amide bonds. The number of oxime groups is 1. The van der Waals surface area contributed by atoms with E-state index in [9.17, 15) is 0 Å². The first-order valence-electron chi connectivity index (χ1n) is 3.17. The number of aryl methyl sites for hydroxylation is 1. The Kier molecular flexibility index (Phi) is 2.92. The van der Waals surface area contributed by atoms with Crippen LogP contribution in [0.2, 0.25) is 0 Å². The molecule has 0 aliphatic heterocycles. The predicted octanol–water partition coefficient (Wildman–Crippen LogP) is -0.346. The fourth-order valence-electron chi connectivity index (χ4n) is 0.584. The Labute approximate surface area is 73.5 Å². The van der Waals surface area contributed by atoms with Gasteiger partial charge in [0.15, 0.2) is 5.16 Å². The minimum atomic E-state index is 0.169. The highest BCUT2D eigenvalue weighted by atomic mass is 32.2. The van der Waals surface area contributed by atoms with Gasteiger partial charge in [-0.25, -0.2) is 9.67 Å². The number of hydrogen-bond donors (Lipinski definition) is 2. The van der Waals surface area contributed by atoms with Gasteiger partial charge >= 0.3 is 0 Å². The van der Waals surface area contributed by atoms with Crippen LogP contribution in [-0.4, -0.2) is 31.6 Å². The monoisotopic (exact) mass is 187 g/mol. The average molecular weight is 187 g/mol. The molecule has 12 heavy (non-hydrogen) atoms. The molecule has 0 spiro atoms. The summed E-state index contributed by atoms with van der Waals surface area (Å²) in [7, 11) is 1.78. The zero-order valence-corrected chi connectivity index (χ0v) is 7.32. The maximum Gasteiger partial charge on any atom is 0.186 e. The van der Waals surface area contributed by atoms with E-state index in [0.717, 1.165) is 5.16 Å². The summed E-state index contributed by atoms with van der Waals surface area (Å²) in [5.74, 6) is 0.575. The van der Waals surface area contributed by atoms with Crippen molar-refractivity contribution in [2.24, 2.45) is 17.9 Å². The Hall–Kier alpha value is -1.24. The first kappa shape index (κ1) is 8.85. The molecule has 3 N–H and O–H groups in total. The smallest absolute Gasteiger partial charge is 0.186 e. The van der Waals surface area contributed by atoms with Gasteiger partial charge in [0, 0.05) is 7.05 Å². The highest BCUT2D eigenvalue weighted by Crippen LogP contribution is 2.11. The van der Waals surface area contributed by atoms with Crippen molar-refractivity contribution in [1.29, 1.82) is 0 Å². The zero-order chi connectivity index (χ0) is 8.97. The van der Waals surface area contributed by atoms with Gasteiger partial charge in [-0.1, -0.05) is 16.9 Å². The van der Waals surface area contributed by atoms with Crippen molar-refractivity contribution in [2.75, 3.05) is 5.75 Å². The van der Waals surface area contributed by atoms with Crippen molar-refractivity contribution < 1.29 is 5.21 Å². The minimum absolute atomic E-state index is 0.169. The number of rotatable bonds is 3. The van der Waals surface area contributed by atoms with E-state index < -0.39 is 0 Å². The third-order valence-electron chi connectivity index (χ3n) is 1.15. The molecule has 0 aliphatic rings. The summed E-state index contributed by atoms with van der Waals surface area (Å²) in [4.78, 5) is 3.94. The molecule has 0 aliphatic carbocycles. The van der Waals surface area contributed by atoms with Crippen LogP contribution >= 0.6 is 11.8 Å². The normalized spacial score (nSPS) is 11.9. The molecule has 0 saturated heterocycles. The number of nitrogens with two attached hydrogens (primary N) is 1. The summed E-state index contributed by atoms with van der Waals surface area (Å²) < 4.78 is 1.62. The number of thioether (sulfide) groups is 1. The number of hydrogen-bond acceptors (Lipinski definition) is 5. The fraction of sp³-hybridized carbons (Fsp3) is 0.400. The Balaban J connectivity index is 2.49. The Morgan fingerprint density at radius 1 is 1.92 bits per heavy atom. The lowest BCUT2D eigenvalue weighted by molar-refractivity contribution is 0.318. The molecule has 0 bridgehead atoms. The van der Waals surface area contributed by atoms with Gasteiger partial charge in [-0.05, 0) is 0 Å². The SMILES string of the molecule is Cn1ncnc1SCC(N)=NO. The summed E-state index contributed by atoms with van der Waals surface area (Å²) in [5.41, 5.74) is 5.26. The van der Waals surface area contributed by atoms with E-state index in [1.807, 2.05) is 0 Å². The van der Waals surface area contributed by atoms with E-state index in [2.05, 4.69) is 15.2 Å². The molecular weight excluding hydrogens is 178 g/mol. The van der Waals surface area contributed by atoms with Crippen molar-refractivity contribution in [3.05, 3.63) is 6.33 Å². The number of aromatic nitrogens is 3.